The van der Waals surface area contributed by atoms with Gasteiger partial charge in [0, 0.05) is 17.4 Å². The molecule has 0 aromatic carbocycles. The lowest BCUT2D eigenvalue weighted by atomic mass is 9.42. The van der Waals surface area contributed by atoms with Crippen LogP contribution in [0.15, 0.2) is 23.3 Å². The Balaban J connectivity index is 1.39. The molecule has 0 unspecified atom stereocenters. The molecule has 0 bridgehead atoms. The third kappa shape index (κ3) is 2.42. The summed E-state index contributed by atoms with van der Waals surface area (Å²) in [6, 6.07) is 0. The molecule has 0 aromatic heterocycles. The number of aliphatic hydroxyl groups is 3. The minimum atomic E-state index is -1.77. The van der Waals surface area contributed by atoms with Gasteiger partial charge in [0.25, 0.3) is 0 Å². The molecule has 10 atom stereocenters. The number of carbonyl (C=O) groups excluding carboxylic acids is 2. The van der Waals surface area contributed by atoms with Gasteiger partial charge in [-0.25, -0.2) is 4.79 Å². The molecular formula is C28H38O7. The van der Waals surface area contributed by atoms with Gasteiger partial charge in [-0.1, -0.05) is 18.6 Å². The van der Waals surface area contributed by atoms with Crippen molar-refractivity contribution in [2.24, 2.45) is 22.7 Å². The van der Waals surface area contributed by atoms with Crippen LogP contribution in [0, 0.1) is 22.7 Å². The van der Waals surface area contributed by atoms with E-state index in [1.54, 1.807) is 19.9 Å². The Morgan fingerprint density at radius 3 is 2.49 bits per heavy atom. The van der Waals surface area contributed by atoms with E-state index in [9.17, 15) is 24.9 Å². The second kappa shape index (κ2) is 6.66. The Labute approximate surface area is 206 Å². The van der Waals surface area contributed by atoms with E-state index in [2.05, 4.69) is 0 Å². The summed E-state index contributed by atoms with van der Waals surface area (Å²) in [7, 11) is 0. The van der Waals surface area contributed by atoms with Gasteiger partial charge in [0.1, 0.15) is 22.9 Å². The molecule has 3 saturated carbocycles. The summed E-state index contributed by atoms with van der Waals surface area (Å²) in [6.07, 6.45) is 5.91. The molecule has 35 heavy (non-hydrogen) atoms. The maximum absolute atomic E-state index is 13.3. The van der Waals surface area contributed by atoms with E-state index in [4.69, 9.17) is 9.47 Å². The Bertz CT molecular complexity index is 1090. The van der Waals surface area contributed by atoms with Gasteiger partial charge in [0.05, 0.1) is 17.1 Å². The van der Waals surface area contributed by atoms with Crippen LogP contribution in [0.2, 0.25) is 0 Å². The Kier molecular flexibility index (Phi) is 4.53. The van der Waals surface area contributed by atoms with Crippen LogP contribution >= 0.6 is 0 Å². The maximum atomic E-state index is 13.3. The van der Waals surface area contributed by atoms with E-state index >= 15 is 0 Å². The molecule has 2 heterocycles. The number of ketones is 1. The highest BCUT2D eigenvalue weighted by Gasteiger charge is 2.82. The highest BCUT2D eigenvalue weighted by atomic mass is 16.6. The Morgan fingerprint density at radius 2 is 1.80 bits per heavy atom. The molecule has 4 aliphatic carbocycles. The molecule has 0 aromatic rings. The second-order valence-electron chi connectivity index (χ2n) is 12.9. The largest absolute Gasteiger partial charge is 0.455 e. The van der Waals surface area contributed by atoms with E-state index in [1.807, 2.05) is 26.8 Å². The van der Waals surface area contributed by atoms with Gasteiger partial charge in [0.2, 0.25) is 0 Å². The quantitative estimate of drug-likeness (QED) is 0.406. The van der Waals surface area contributed by atoms with E-state index in [1.165, 1.54) is 0 Å². The number of fused-ring (bicyclic) bond motifs is 4. The van der Waals surface area contributed by atoms with E-state index in [0.717, 1.165) is 12.0 Å². The summed E-state index contributed by atoms with van der Waals surface area (Å²) in [5.41, 5.74) is -5.56. The number of ether oxygens (including phenoxy) is 2. The van der Waals surface area contributed by atoms with Crippen LogP contribution in [0.5, 0.6) is 0 Å². The van der Waals surface area contributed by atoms with Gasteiger partial charge in [0.15, 0.2) is 5.78 Å². The minimum absolute atomic E-state index is 0.0654. The van der Waals surface area contributed by atoms with Crippen molar-refractivity contribution in [2.45, 2.75) is 114 Å². The summed E-state index contributed by atoms with van der Waals surface area (Å²) >= 11 is 0. The zero-order valence-electron chi connectivity index (χ0n) is 21.4. The number of rotatable bonds is 2. The number of cyclic esters (lactones) is 1. The molecule has 192 valence electrons. The summed E-state index contributed by atoms with van der Waals surface area (Å²) < 4.78 is 11.9. The molecule has 4 fully saturated rings. The highest BCUT2D eigenvalue weighted by molar-refractivity contribution is 5.97. The molecule has 6 rings (SSSR count). The smallest absolute Gasteiger partial charge is 0.334 e. The number of esters is 1. The summed E-state index contributed by atoms with van der Waals surface area (Å²) in [6.45, 7) is 9.00. The van der Waals surface area contributed by atoms with Crippen LogP contribution in [-0.4, -0.2) is 61.7 Å². The van der Waals surface area contributed by atoms with Gasteiger partial charge in [-0.15, -0.1) is 0 Å². The average molecular weight is 487 g/mol. The molecule has 3 N–H and O–H groups in total. The normalized spacial score (nSPS) is 54.3. The fourth-order valence-electron chi connectivity index (χ4n) is 9.34. The van der Waals surface area contributed by atoms with Gasteiger partial charge in [-0.3, -0.25) is 4.79 Å². The molecule has 1 saturated heterocycles. The molecule has 7 heteroatoms. The molecule has 0 radical (unpaired) electrons. The molecule has 6 aliphatic rings. The number of carbonyl (C=O) groups is 2. The van der Waals surface area contributed by atoms with Crippen molar-refractivity contribution in [3.8, 4) is 0 Å². The second-order valence-corrected chi connectivity index (χ2v) is 12.9. The summed E-state index contributed by atoms with van der Waals surface area (Å²) in [5, 5.41) is 36.7. The first-order valence-corrected chi connectivity index (χ1v) is 13.1. The SMILES string of the molecule is CC1=C(C)C(=O)O[C@@H]([C@](C)(O)[C@@]2(O)CC[C@@]3(O)[C@@H]4C[C@H]5O[C@]56CC=CC(=O)[C@]6(C)[C@H]4CC[C@]23C)C1. The summed E-state index contributed by atoms with van der Waals surface area (Å²) in [5.74, 6) is -0.703. The minimum Gasteiger partial charge on any atom is -0.455 e. The van der Waals surface area contributed by atoms with E-state index in [-0.39, 0.29) is 30.1 Å². The van der Waals surface area contributed by atoms with Crippen molar-refractivity contribution in [2.75, 3.05) is 0 Å². The third-order valence-electron chi connectivity index (χ3n) is 12.0. The van der Waals surface area contributed by atoms with Gasteiger partial charge in [-0.2, -0.15) is 0 Å². The highest BCUT2D eigenvalue weighted by Crippen LogP contribution is 2.75. The first-order valence-electron chi connectivity index (χ1n) is 13.1. The predicted molar refractivity (Wildman–Crippen MR) is 126 cm³/mol. The topological polar surface area (TPSA) is 117 Å². The Morgan fingerprint density at radius 1 is 1.09 bits per heavy atom. The maximum Gasteiger partial charge on any atom is 0.334 e. The zero-order chi connectivity index (χ0) is 25.4. The lowest BCUT2D eigenvalue weighted by Gasteiger charge is -2.63. The molecule has 0 amide bonds. The van der Waals surface area contributed by atoms with Crippen LogP contribution in [0.1, 0.15) is 79.6 Å². The zero-order valence-corrected chi connectivity index (χ0v) is 21.4. The van der Waals surface area contributed by atoms with Crippen molar-refractivity contribution in [3.63, 3.8) is 0 Å². The van der Waals surface area contributed by atoms with Gasteiger partial charge in [-0.05, 0) is 84.1 Å². The van der Waals surface area contributed by atoms with Gasteiger partial charge < -0.3 is 24.8 Å². The number of hydrogen-bond acceptors (Lipinski definition) is 7. The first-order chi connectivity index (χ1) is 16.2. The average Bonchev–Trinajstić information content (AvgIpc) is 3.46. The molecule has 7 nitrogen and oxygen atoms in total. The number of epoxide rings is 1. The van der Waals surface area contributed by atoms with Crippen LogP contribution in [0.25, 0.3) is 0 Å². The lowest BCUT2D eigenvalue weighted by molar-refractivity contribution is -0.282. The van der Waals surface area contributed by atoms with Crippen LogP contribution in [-0.2, 0) is 19.1 Å². The van der Waals surface area contributed by atoms with Crippen molar-refractivity contribution in [1.29, 1.82) is 0 Å². The monoisotopic (exact) mass is 486 g/mol. The third-order valence-corrected chi connectivity index (χ3v) is 12.0. The Hall–Kier alpha value is -1.54. The van der Waals surface area contributed by atoms with Gasteiger partial charge >= 0.3 is 5.97 Å². The first kappa shape index (κ1) is 23.8. The lowest BCUT2D eigenvalue weighted by Crippen LogP contribution is -2.73. The van der Waals surface area contributed by atoms with Crippen molar-refractivity contribution < 1.29 is 34.4 Å². The fraction of sp³-hybridized carbons (Fsp3) is 0.786. The van der Waals surface area contributed by atoms with Crippen LogP contribution in [0.3, 0.4) is 0 Å². The van der Waals surface area contributed by atoms with E-state index < -0.39 is 45.3 Å². The molecule has 2 aliphatic heterocycles. The van der Waals surface area contributed by atoms with Crippen LogP contribution < -0.4 is 0 Å². The van der Waals surface area contributed by atoms with Crippen LogP contribution in [0.4, 0.5) is 0 Å². The van der Waals surface area contributed by atoms with Crippen molar-refractivity contribution in [1.82, 2.24) is 0 Å². The fourth-order valence-corrected chi connectivity index (χ4v) is 9.34. The van der Waals surface area contributed by atoms with E-state index in [0.29, 0.717) is 37.7 Å². The standard InChI is InChI=1S/C28H38O7/c1-15-13-20(34-22(30)16(15)2)25(5,31)28(33)12-11-26(32)18-14-21-27(35-21)9-6-7-19(29)24(27,4)17(18)8-10-23(26,28)3/h6-7,17-18,20-21,31-33H,8-14H2,1-5H3/t17-,18+,20+,21+,23-,24-,25-,26+,27+,28+/m0/s1. The summed E-state index contributed by atoms with van der Waals surface area (Å²) in [4.78, 5) is 25.8. The molecule has 1 spiro atoms. The van der Waals surface area contributed by atoms with Crippen molar-refractivity contribution >= 4 is 11.8 Å². The number of allylic oxidation sites excluding steroid dienone is 1. The number of hydrogen-bond donors (Lipinski definition) is 3. The molecular weight excluding hydrogens is 448 g/mol. The predicted octanol–water partition coefficient (Wildman–Crippen LogP) is 2.75. The van der Waals surface area contributed by atoms with Crippen molar-refractivity contribution in [3.05, 3.63) is 23.3 Å².